The summed E-state index contributed by atoms with van der Waals surface area (Å²) in [5.74, 6) is 0.133. The summed E-state index contributed by atoms with van der Waals surface area (Å²) in [6.07, 6.45) is 3.99. The summed E-state index contributed by atoms with van der Waals surface area (Å²) in [6, 6.07) is 0.199. The van der Waals surface area contributed by atoms with Crippen LogP contribution in [0.2, 0.25) is 0 Å². The molecule has 0 bridgehead atoms. The number of carbonyl (C=O) groups is 1. The van der Waals surface area contributed by atoms with Crippen LogP contribution in [-0.2, 0) is 9.53 Å². The third-order valence-corrected chi connectivity index (χ3v) is 2.53. The second kappa shape index (κ2) is 7.65. The van der Waals surface area contributed by atoms with Crippen LogP contribution in [0.15, 0.2) is 0 Å². The van der Waals surface area contributed by atoms with Crippen LogP contribution in [0.1, 0.15) is 32.6 Å². The van der Waals surface area contributed by atoms with Gasteiger partial charge in [-0.1, -0.05) is 19.8 Å². The molecule has 1 unspecified atom stereocenters. The maximum absolute atomic E-state index is 11.5. The molecular formula is C11H22N2O2. The van der Waals surface area contributed by atoms with E-state index in [1.165, 1.54) is 12.8 Å². The van der Waals surface area contributed by atoms with Gasteiger partial charge in [-0.15, -0.1) is 0 Å². The van der Waals surface area contributed by atoms with Crippen LogP contribution in [0.5, 0.6) is 0 Å². The van der Waals surface area contributed by atoms with Gasteiger partial charge in [0.2, 0.25) is 5.91 Å². The summed E-state index contributed by atoms with van der Waals surface area (Å²) < 4.78 is 5.28. The minimum atomic E-state index is 0.133. The van der Waals surface area contributed by atoms with Crippen LogP contribution in [0.25, 0.3) is 0 Å². The van der Waals surface area contributed by atoms with E-state index in [1.54, 1.807) is 0 Å². The Labute approximate surface area is 91.8 Å². The number of ether oxygens (including phenoxy) is 1. The molecule has 0 aromatic rings. The second-order valence-electron chi connectivity index (χ2n) is 3.99. The van der Waals surface area contributed by atoms with Crippen molar-refractivity contribution in [3.8, 4) is 0 Å². The summed E-state index contributed by atoms with van der Waals surface area (Å²) in [6.45, 7) is 5.23. The van der Waals surface area contributed by atoms with E-state index in [9.17, 15) is 4.79 Å². The maximum atomic E-state index is 11.5. The molecule has 4 heteroatoms. The fraction of sp³-hybridized carbons (Fsp3) is 0.909. The van der Waals surface area contributed by atoms with Crippen LogP contribution in [0, 0.1) is 0 Å². The largest absolute Gasteiger partial charge is 0.378 e. The number of hydrogen-bond donors (Lipinski definition) is 2. The van der Waals surface area contributed by atoms with E-state index in [4.69, 9.17) is 4.74 Å². The van der Waals surface area contributed by atoms with Crippen LogP contribution in [0.4, 0.5) is 0 Å². The number of carbonyl (C=O) groups excluding carboxylic acids is 1. The Kier molecular flexibility index (Phi) is 6.36. The lowest BCUT2D eigenvalue weighted by Gasteiger charge is -2.23. The molecule has 0 spiro atoms. The molecule has 0 radical (unpaired) electrons. The maximum Gasteiger partial charge on any atom is 0.221 e. The summed E-state index contributed by atoms with van der Waals surface area (Å²) in [4.78, 5) is 11.5. The van der Waals surface area contributed by atoms with Crippen molar-refractivity contribution in [3.05, 3.63) is 0 Å². The molecule has 0 aliphatic carbocycles. The van der Waals surface area contributed by atoms with E-state index < -0.39 is 0 Å². The fourth-order valence-electron chi connectivity index (χ4n) is 1.65. The molecule has 1 saturated heterocycles. The van der Waals surface area contributed by atoms with E-state index in [-0.39, 0.29) is 11.9 Å². The highest BCUT2D eigenvalue weighted by Crippen LogP contribution is 1.98. The average molecular weight is 214 g/mol. The van der Waals surface area contributed by atoms with E-state index in [1.807, 2.05) is 0 Å². The van der Waals surface area contributed by atoms with E-state index in [0.29, 0.717) is 13.0 Å². The number of nitrogens with one attached hydrogen (secondary N) is 2. The van der Waals surface area contributed by atoms with Gasteiger partial charge in [0.05, 0.1) is 13.2 Å². The zero-order valence-corrected chi connectivity index (χ0v) is 9.55. The molecule has 0 aromatic carbocycles. The van der Waals surface area contributed by atoms with Gasteiger partial charge >= 0.3 is 0 Å². The van der Waals surface area contributed by atoms with Gasteiger partial charge in [-0.25, -0.2) is 0 Å². The zero-order chi connectivity index (χ0) is 10.9. The molecule has 1 aliphatic rings. The molecule has 1 amide bonds. The van der Waals surface area contributed by atoms with Gasteiger partial charge in [0.15, 0.2) is 0 Å². The minimum absolute atomic E-state index is 0.133. The first-order valence-electron chi connectivity index (χ1n) is 5.90. The first-order valence-corrected chi connectivity index (χ1v) is 5.90. The molecule has 0 saturated carbocycles. The molecule has 15 heavy (non-hydrogen) atoms. The van der Waals surface area contributed by atoms with Crippen LogP contribution in [-0.4, -0.2) is 38.3 Å². The van der Waals surface area contributed by atoms with Gasteiger partial charge in [0.1, 0.15) is 0 Å². The molecule has 1 rings (SSSR count). The van der Waals surface area contributed by atoms with Gasteiger partial charge in [0.25, 0.3) is 0 Å². The van der Waals surface area contributed by atoms with Gasteiger partial charge in [-0.2, -0.15) is 0 Å². The van der Waals surface area contributed by atoms with Crippen LogP contribution < -0.4 is 10.6 Å². The molecule has 1 heterocycles. The fourth-order valence-corrected chi connectivity index (χ4v) is 1.65. The molecule has 88 valence electrons. The lowest BCUT2D eigenvalue weighted by molar-refractivity contribution is -0.122. The monoisotopic (exact) mass is 214 g/mol. The first-order chi connectivity index (χ1) is 7.33. The molecule has 0 aromatic heterocycles. The second-order valence-corrected chi connectivity index (χ2v) is 3.99. The summed E-state index contributed by atoms with van der Waals surface area (Å²) in [5.41, 5.74) is 0. The van der Waals surface area contributed by atoms with Crippen molar-refractivity contribution >= 4 is 5.91 Å². The normalized spacial score (nSPS) is 21.3. The van der Waals surface area contributed by atoms with Crippen molar-refractivity contribution in [1.29, 1.82) is 0 Å². The van der Waals surface area contributed by atoms with Gasteiger partial charge < -0.3 is 15.4 Å². The number of amides is 1. The Hall–Kier alpha value is -0.610. The third-order valence-electron chi connectivity index (χ3n) is 2.53. The molecule has 1 fully saturated rings. The quantitative estimate of drug-likeness (QED) is 0.639. The smallest absolute Gasteiger partial charge is 0.221 e. The summed E-state index contributed by atoms with van der Waals surface area (Å²) in [7, 11) is 0. The van der Waals surface area contributed by atoms with Crippen molar-refractivity contribution in [1.82, 2.24) is 10.6 Å². The first kappa shape index (κ1) is 12.5. The average Bonchev–Trinajstić information content (AvgIpc) is 2.26. The Morgan fingerprint density at radius 2 is 2.40 bits per heavy atom. The Morgan fingerprint density at radius 1 is 1.53 bits per heavy atom. The SMILES string of the molecule is CCCCCNC(=O)CC1COCCN1. The zero-order valence-electron chi connectivity index (χ0n) is 9.55. The van der Waals surface area contributed by atoms with E-state index in [2.05, 4.69) is 17.6 Å². The predicted molar refractivity (Wildman–Crippen MR) is 59.8 cm³/mol. The summed E-state index contributed by atoms with van der Waals surface area (Å²) >= 11 is 0. The highest BCUT2D eigenvalue weighted by atomic mass is 16.5. The van der Waals surface area contributed by atoms with Gasteiger partial charge in [-0.3, -0.25) is 4.79 Å². The number of morpholine rings is 1. The van der Waals surface area contributed by atoms with Crippen LogP contribution >= 0.6 is 0 Å². The van der Waals surface area contributed by atoms with E-state index in [0.717, 1.165) is 26.1 Å². The van der Waals surface area contributed by atoms with Gasteiger partial charge in [-0.05, 0) is 6.42 Å². The van der Waals surface area contributed by atoms with Crippen molar-refractivity contribution in [3.63, 3.8) is 0 Å². The van der Waals surface area contributed by atoms with Crippen molar-refractivity contribution < 1.29 is 9.53 Å². The minimum Gasteiger partial charge on any atom is -0.378 e. The number of rotatable bonds is 6. The predicted octanol–water partition coefficient (Wildman–Crippen LogP) is 0.671. The molecule has 2 N–H and O–H groups in total. The molecule has 1 atom stereocenters. The lowest BCUT2D eigenvalue weighted by Crippen LogP contribution is -2.44. The Bertz CT molecular complexity index is 179. The number of unbranched alkanes of at least 4 members (excludes halogenated alkanes) is 2. The van der Waals surface area contributed by atoms with E-state index >= 15 is 0 Å². The highest BCUT2D eigenvalue weighted by Gasteiger charge is 2.16. The molecule has 1 aliphatic heterocycles. The standard InChI is InChI=1S/C11H22N2O2/c1-2-3-4-5-13-11(14)8-10-9-15-7-6-12-10/h10,12H,2-9H2,1H3,(H,13,14). The van der Waals surface area contributed by atoms with Gasteiger partial charge in [0, 0.05) is 25.6 Å². The molecular weight excluding hydrogens is 192 g/mol. The Morgan fingerprint density at radius 3 is 3.07 bits per heavy atom. The lowest BCUT2D eigenvalue weighted by atomic mass is 10.2. The topological polar surface area (TPSA) is 50.4 Å². The Balaban J connectivity index is 2.01. The highest BCUT2D eigenvalue weighted by molar-refractivity contribution is 5.76. The number of hydrogen-bond acceptors (Lipinski definition) is 3. The summed E-state index contributed by atoms with van der Waals surface area (Å²) in [5, 5.41) is 6.20. The van der Waals surface area contributed by atoms with Crippen LogP contribution in [0.3, 0.4) is 0 Å². The molecule has 4 nitrogen and oxygen atoms in total. The van der Waals surface area contributed by atoms with Crippen molar-refractivity contribution in [2.75, 3.05) is 26.3 Å². The van der Waals surface area contributed by atoms with Crippen molar-refractivity contribution in [2.45, 2.75) is 38.6 Å². The third kappa shape index (κ3) is 5.74. The van der Waals surface area contributed by atoms with Crippen molar-refractivity contribution in [2.24, 2.45) is 0 Å².